The highest BCUT2D eigenvalue weighted by Gasteiger charge is 2.14. The molecule has 2 aromatic carbocycles. The molecule has 1 atom stereocenters. The number of aromatic nitrogens is 1. The molecule has 126 valence electrons. The van der Waals surface area contributed by atoms with Gasteiger partial charge in [0.15, 0.2) is 11.9 Å². The van der Waals surface area contributed by atoms with Crippen LogP contribution in [0.3, 0.4) is 0 Å². The number of benzene rings is 2. The molecule has 0 saturated carbocycles. The number of Topliss-reactive ketones (excluding diaryl/α,β-unsaturated/α-hetero) is 1. The van der Waals surface area contributed by atoms with Crippen molar-refractivity contribution in [2.75, 3.05) is 0 Å². The SMILES string of the molecule is CC(=O)[C@@H](O)c1cccc(-c2ccc(Oc3ccc(C)cc3)cc2)n1. The third-order valence-corrected chi connectivity index (χ3v) is 3.84. The molecule has 0 aliphatic heterocycles. The molecule has 25 heavy (non-hydrogen) atoms. The first-order valence-corrected chi connectivity index (χ1v) is 8.03. The first-order chi connectivity index (χ1) is 12.0. The van der Waals surface area contributed by atoms with E-state index in [0.717, 1.165) is 17.1 Å². The second-order valence-corrected chi connectivity index (χ2v) is 5.90. The fourth-order valence-corrected chi connectivity index (χ4v) is 2.41. The third-order valence-electron chi connectivity index (χ3n) is 3.84. The molecule has 0 fully saturated rings. The lowest BCUT2D eigenvalue weighted by atomic mass is 10.1. The molecule has 4 nitrogen and oxygen atoms in total. The molecule has 0 bridgehead atoms. The maximum absolute atomic E-state index is 11.3. The highest BCUT2D eigenvalue weighted by molar-refractivity contribution is 5.81. The van der Waals surface area contributed by atoms with Crippen LogP contribution in [-0.2, 0) is 4.79 Å². The number of hydrogen-bond donors (Lipinski definition) is 1. The van der Waals surface area contributed by atoms with Crippen LogP contribution in [0.4, 0.5) is 0 Å². The molecule has 0 spiro atoms. The lowest BCUT2D eigenvalue weighted by Gasteiger charge is -2.09. The van der Waals surface area contributed by atoms with Gasteiger partial charge >= 0.3 is 0 Å². The van der Waals surface area contributed by atoms with Crippen LogP contribution in [0.25, 0.3) is 11.3 Å². The Balaban J connectivity index is 1.79. The standard InChI is InChI=1S/C21H19NO3/c1-14-6-10-17(11-7-14)25-18-12-8-16(9-13-18)19-4-3-5-20(22-19)21(24)15(2)23/h3-13,21,24H,1-2H3/t21-/m1/s1. The van der Waals surface area contributed by atoms with Gasteiger partial charge in [0.25, 0.3) is 0 Å². The Labute approximate surface area is 146 Å². The Bertz CT molecular complexity index is 870. The number of pyridine rings is 1. The average molecular weight is 333 g/mol. The van der Waals surface area contributed by atoms with E-state index in [0.29, 0.717) is 11.4 Å². The summed E-state index contributed by atoms with van der Waals surface area (Å²) in [4.78, 5) is 15.7. The second-order valence-electron chi connectivity index (χ2n) is 5.90. The van der Waals surface area contributed by atoms with Gasteiger partial charge in [-0.2, -0.15) is 0 Å². The van der Waals surface area contributed by atoms with Crippen molar-refractivity contribution in [3.63, 3.8) is 0 Å². The Kier molecular flexibility index (Phi) is 4.91. The molecule has 0 amide bonds. The molecule has 0 radical (unpaired) electrons. The number of rotatable bonds is 5. The zero-order valence-electron chi connectivity index (χ0n) is 14.1. The zero-order valence-corrected chi connectivity index (χ0v) is 14.1. The van der Waals surface area contributed by atoms with Gasteiger partial charge in [0.2, 0.25) is 0 Å². The van der Waals surface area contributed by atoms with E-state index in [1.807, 2.05) is 61.5 Å². The van der Waals surface area contributed by atoms with Gasteiger partial charge in [-0.05, 0) is 62.4 Å². The quantitative estimate of drug-likeness (QED) is 0.748. The molecule has 0 unspecified atom stereocenters. The molecular formula is C21H19NO3. The second kappa shape index (κ2) is 7.28. The van der Waals surface area contributed by atoms with Gasteiger partial charge in [0.05, 0.1) is 11.4 Å². The number of carbonyl (C=O) groups excluding carboxylic acids is 1. The van der Waals surface area contributed by atoms with Crippen molar-refractivity contribution in [3.8, 4) is 22.8 Å². The normalized spacial score (nSPS) is 11.8. The summed E-state index contributed by atoms with van der Waals surface area (Å²) in [6, 6.07) is 20.6. The van der Waals surface area contributed by atoms with Crippen LogP contribution in [0.2, 0.25) is 0 Å². The zero-order chi connectivity index (χ0) is 17.8. The Morgan fingerprint density at radius 1 is 0.960 bits per heavy atom. The molecule has 0 aliphatic carbocycles. The minimum absolute atomic E-state index is 0.327. The van der Waals surface area contributed by atoms with Crippen molar-refractivity contribution in [2.24, 2.45) is 0 Å². The summed E-state index contributed by atoms with van der Waals surface area (Å²) < 4.78 is 5.81. The van der Waals surface area contributed by atoms with Crippen LogP contribution in [0.5, 0.6) is 11.5 Å². The summed E-state index contributed by atoms with van der Waals surface area (Å²) in [5.41, 5.74) is 3.11. The van der Waals surface area contributed by atoms with E-state index in [-0.39, 0.29) is 5.78 Å². The fraction of sp³-hybridized carbons (Fsp3) is 0.143. The number of ether oxygens (including phenoxy) is 1. The third kappa shape index (κ3) is 4.11. The van der Waals surface area contributed by atoms with Crippen molar-refractivity contribution in [3.05, 3.63) is 78.0 Å². The average Bonchev–Trinajstić information content (AvgIpc) is 2.63. The van der Waals surface area contributed by atoms with Crippen molar-refractivity contribution < 1.29 is 14.6 Å². The minimum atomic E-state index is -1.19. The van der Waals surface area contributed by atoms with E-state index < -0.39 is 6.10 Å². The molecule has 1 heterocycles. The van der Waals surface area contributed by atoms with Crippen LogP contribution in [0.15, 0.2) is 66.7 Å². The van der Waals surface area contributed by atoms with Gasteiger partial charge < -0.3 is 9.84 Å². The predicted molar refractivity (Wildman–Crippen MR) is 96.6 cm³/mol. The maximum Gasteiger partial charge on any atom is 0.164 e. The lowest BCUT2D eigenvalue weighted by molar-refractivity contribution is -0.125. The van der Waals surface area contributed by atoms with E-state index in [2.05, 4.69) is 4.98 Å². The largest absolute Gasteiger partial charge is 0.457 e. The van der Waals surface area contributed by atoms with Gasteiger partial charge in [-0.15, -0.1) is 0 Å². The van der Waals surface area contributed by atoms with Gasteiger partial charge in [-0.3, -0.25) is 4.79 Å². The van der Waals surface area contributed by atoms with E-state index in [1.54, 1.807) is 12.1 Å². The lowest BCUT2D eigenvalue weighted by Crippen LogP contribution is -2.09. The van der Waals surface area contributed by atoms with Gasteiger partial charge in [-0.25, -0.2) is 4.98 Å². The van der Waals surface area contributed by atoms with Crippen LogP contribution in [-0.4, -0.2) is 15.9 Å². The summed E-state index contributed by atoms with van der Waals surface area (Å²) >= 11 is 0. The Morgan fingerprint density at radius 3 is 2.16 bits per heavy atom. The van der Waals surface area contributed by atoms with Crippen LogP contribution in [0.1, 0.15) is 24.3 Å². The molecule has 3 rings (SSSR count). The maximum atomic E-state index is 11.3. The first-order valence-electron chi connectivity index (χ1n) is 8.03. The van der Waals surface area contributed by atoms with Gasteiger partial charge in [0, 0.05) is 5.56 Å². The summed E-state index contributed by atoms with van der Waals surface area (Å²) in [5.74, 6) is 1.18. The minimum Gasteiger partial charge on any atom is -0.457 e. The topological polar surface area (TPSA) is 59.4 Å². The number of aliphatic hydroxyl groups is 1. The molecule has 1 aromatic heterocycles. The van der Waals surface area contributed by atoms with Crippen molar-refractivity contribution >= 4 is 5.78 Å². The molecule has 4 heteroatoms. The number of carbonyl (C=O) groups is 1. The number of ketones is 1. The number of aliphatic hydroxyl groups excluding tert-OH is 1. The highest BCUT2D eigenvalue weighted by atomic mass is 16.5. The number of hydrogen-bond acceptors (Lipinski definition) is 4. The smallest absolute Gasteiger partial charge is 0.164 e. The molecular weight excluding hydrogens is 314 g/mol. The monoisotopic (exact) mass is 333 g/mol. The Hall–Kier alpha value is -2.98. The number of nitrogens with zero attached hydrogens (tertiary/aromatic N) is 1. The molecule has 1 N–H and O–H groups in total. The summed E-state index contributed by atoms with van der Waals surface area (Å²) in [6.07, 6.45) is -1.19. The van der Waals surface area contributed by atoms with Crippen molar-refractivity contribution in [1.82, 2.24) is 4.98 Å². The summed E-state index contributed by atoms with van der Waals surface area (Å²) in [7, 11) is 0. The first kappa shape index (κ1) is 16.9. The van der Waals surface area contributed by atoms with Crippen molar-refractivity contribution in [1.29, 1.82) is 0 Å². The van der Waals surface area contributed by atoms with Crippen molar-refractivity contribution in [2.45, 2.75) is 20.0 Å². The molecule has 3 aromatic rings. The van der Waals surface area contributed by atoms with E-state index in [4.69, 9.17) is 4.74 Å². The van der Waals surface area contributed by atoms with Crippen LogP contribution >= 0.6 is 0 Å². The van der Waals surface area contributed by atoms with Crippen LogP contribution in [0, 0.1) is 6.92 Å². The molecule has 0 aliphatic rings. The Morgan fingerprint density at radius 2 is 1.56 bits per heavy atom. The summed E-state index contributed by atoms with van der Waals surface area (Å²) in [5, 5.41) is 9.86. The highest BCUT2D eigenvalue weighted by Crippen LogP contribution is 2.26. The fourth-order valence-electron chi connectivity index (χ4n) is 2.41. The summed E-state index contributed by atoms with van der Waals surface area (Å²) in [6.45, 7) is 3.37. The van der Waals surface area contributed by atoms with E-state index in [9.17, 15) is 9.90 Å². The van der Waals surface area contributed by atoms with Gasteiger partial charge in [-0.1, -0.05) is 23.8 Å². The van der Waals surface area contributed by atoms with E-state index in [1.165, 1.54) is 12.5 Å². The van der Waals surface area contributed by atoms with Crippen LogP contribution < -0.4 is 4.74 Å². The van der Waals surface area contributed by atoms with E-state index >= 15 is 0 Å². The van der Waals surface area contributed by atoms with Gasteiger partial charge in [0.1, 0.15) is 11.5 Å². The number of aryl methyl sites for hydroxylation is 1. The predicted octanol–water partition coefficient (Wildman–Crippen LogP) is 4.47. The molecule has 0 saturated heterocycles.